The van der Waals surface area contributed by atoms with Gasteiger partial charge < -0.3 is 4.90 Å². The van der Waals surface area contributed by atoms with Gasteiger partial charge in [-0.2, -0.15) is 0 Å². The first-order chi connectivity index (χ1) is 13.2. The summed E-state index contributed by atoms with van der Waals surface area (Å²) in [5.41, 5.74) is 4.06. The van der Waals surface area contributed by atoms with E-state index in [0.29, 0.717) is 5.91 Å². The molecule has 0 saturated carbocycles. The second-order valence-corrected chi connectivity index (χ2v) is 8.58. The van der Waals surface area contributed by atoms with Crippen LogP contribution in [0.4, 0.5) is 0 Å². The van der Waals surface area contributed by atoms with Crippen molar-refractivity contribution in [2.45, 2.75) is 37.2 Å². The summed E-state index contributed by atoms with van der Waals surface area (Å²) in [4.78, 5) is 19.0. The zero-order valence-electron chi connectivity index (χ0n) is 16.1. The average molecular weight is 381 g/mol. The van der Waals surface area contributed by atoms with Gasteiger partial charge in [-0.05, 0) is 60.9 Å². The quantitative estimate of drug-likeness (QED) is 0.743. The Labute approximate surface area is 166 Å². The molecule has 0 radical (unpaired) electrons. The molecule has 142 valence electrons. The van der Waals surface area contributed by atoms with Crippen LogP contribution in [0, 0.1) is 5.92 Å². The van der Waals surface area contributed by atoms with Crippen molar-refractivity contribution in [3.8, 4) is 0 Å². The number of fused-ring (bicyclic) bond motifs is 1. The third-order valence-corrected chi connectivity index (χ3v) is 6.61. The molecule has 0 aliphatic carbocycles. The molecule has 2 aromatic rings. The Bertz CT molecular complexity index is 789. The first-order valence-corrected chi connectivity index (χ1v) is 11.2. The van der Waals surface area contributed by atoms with Crippen LogP contribution < -0.4 is 0 Å². The third kappa shape index (κ3) is 4.39. The predicted octanol–water partition coefficient (Wildman–Crippen LogP) is 4.21. The fourth-order valence-electron chi connectivity index (χ4n) is 4.33. The molecule has 4 heteroatoms. The SMILES string of the molecule is CSc1ccc(CN2CCCC(C(=O)N3CCc4ccccc4C3)C2)cc1. The van der Waals surface area contributed by atoms with Crippen molar-refractivity contribution in [2.24, 2.45) is 5.92 Å². The van der Waals surface area contributed by atoms with Crippen LogP contribution >= 0.6 is 11.8 Å². The molecule has 1 atom stereocenters. The van der Waals surface area contributed by atoms with Crippen LogP contribution in [0.25, 0.3) is 0 Å². The number of carbonyl (C=O) groups excluding carboxylic acids is 1. The van der Waals surface area contributed by atoms with Gasteiger partial charge in [0.15, 0.2) is 0 Å². The van der Waals surface area contributed by atoms with Gasteiger partial charge in [0.1, 0.15) is 0 Å². The van der Waals surface area contributed by atoms with Gasteiger partial charge in [0, 0.05) is 31.1 Å². The number of hydrogen-bond donors (Lipinski definition) is 0. The van der Waals surface area contributed by atoms with Crippen molar-refractivity contribution in [1.29, 1.82) is 0 Å². The maximum Gasteiger partial charge on any atom is 0.227 e. The minimum Gasteiger partial charge on any atom is -0.338 e. The second-order valence-electron chi connectivity index (χ2n) is 7.70. The Kier molecular flexibility index (Phi) is 5.84. The number of amides is 1. The van der Waals surface area contributed by atoms with Crippen LogP contribution in [-0.2, 0) is 24.3 Å². The molecule has 1 fully saturated rings. The molecule has 2 aliphatic heterocycles. The Morgan fingerprint density at radius 3 is 2.63 bits per heavy atom. The summed E-state index contributed by atoms with van der Waals surface area (Å²) in [7, 11) is 0. The smallest absolute Gasteiger partial charge is 0.227 e. The van der Waals surface area contributed by atoms with Crippen LogP contribution in [0.15, 0.2) is 53.4 Å². The molecule has 2 aliphatic rings. The zero-order valence-corrected chi connectivity index (χ0v) is 16.9. The van der Waals surface area contributed by atoms with Crippen LogP contribution in [0.3, 0.4) is 0 Å². The van der Waals surface area contributed by atoms with E-state index in [4.69, 9.17) is 0 Å². The largest absolute Gasteiger partial charge is 0.338 e. The summed E-state index contributed by atoms with van der Waals surface area (Å²) in [5, 5.41) is 0. The number of rotatable bonds is 4. The van der Waals surface area contributed by atoms with Gasteiger partial charge >= 0.3 is 0 Å². The lowest BCUT2D eigenvalue weighted by molar-refractivity contribution is -0.138. The van der Waals surface area contributed by atoms with E-state index in [9.17, 15) is 4.79 Å². The van der Waals surface area contributed by atoms with Crippen LogP contribution in [0.2, 0.25) is 0 Å². The highest BCUT2D eigenvalue weighted by atomic mass is 32.2. The number of carbonyl (C=O) groups is 1. The van der Waals surface area contributed by atoms with E-state index in [2.05, 4.69) is 64.6 Å². The van der Waals surface area contributed by atoms with E-state index in [0.717, 1.165) is 52.0 Å². The Hall–Kier alpha value is -1.78. The van der Waals surface area contributed by atoms with Crippen LogP contribution in [-0.4, -0.2) is 41.6 Å². The second kappa shape index (κ2) is 8.49. The first-order valence-electron chi connectivity index (χ1n) is 9.94. The molecule has 3 nitrogen and oxygen atoms in total. The van der Waals surface area contributed by atoms with Crippen LogP contribution in [0.5, 0.6) is 0 Å². The summed E-state index contributed by atoms with van der Waals surface area (Å²) in [6, 6.07) is 17.4. The zero-order chi connectivity index (χ0) is 18.6. The number of nitrogens with zero attached hydrogens (tertiary/aromatic N) is 2. The van der Waals surface area contributed by atoms with E-state index in [1.165, 1.54) is 21.6 Å². The molecule has 0 bridgehead atoms. The molecule has 0 N–H and O–H groups in total. The third-order valence-electron chi connectivity index (χ3n) is 5.86. The van der Waals surface area contributed by atoms with Gasteiger partial charge in [-0.15, -0.1) is 11.8 Å². The molecule has 0 spiro atoms. The molecule has 2 aromatic carbocycles. The normalized spacial score (nSPS) is 20.3. The summed E-state index contributed by atoms with van der Waals surface area (Å²) in [5.74, 6) is 0.501. The number of thioether (sulfide) groups is 1. The summed E-state index contributed by atoms with van der Waals surface area (Å²) >= 11 is 1.78. The topological polar surface area (TPSA) is 23.6 Å². The fourth-order valence-corrected chi connectivity index (χ4v) is 4.74. The van der Waals surface area contributed by atoms with E-state index >= 15 is 0 Å². The fraction of sp³-hybridized carbons (Fsp3) is 0.435. The van der Waals surface area contributed by atoms with Crippen molar-refractivity contribution in [2.75, 3.05) is 25.9 Å². The summed E-state index contributed by atoms with van der Waals surface area (Å²) in [6.07, 6.45) is 5.23. The lowest BCUT2D eigenvalue weighted by atomic mass is 9.93. The molecule has 0 aromatic heterocycles. The predicted molar refractivity (Wildman–Crippen MR) is 112 cm³/mol. The van der Waals surface area contributed by atoms with Crippen LogP contribution in [0.1, 0.15) is 29.5 Å². The molecule has 27 heavy (non-hydrogen) atoms. The minimum atomic E-state index is 0.148. The molecule has 1 unspecified atom stereocenters. The lowest BCUT2D eigenvalue weighted by Crippen LogP contribution is -2.46. The standard InChI is InChI=1S/C23H28N2OS/c1-27-22-10-8-18(9-11-22)15-24-13-4-7-21(16-24)23(26)25-14-12-19-5-2-3-6-20(19)17-25/h2-3,5-6,8-11,21H,4,7,12-17H2,1H3. The molecular weight excluding hydrogens is 352 g/mol. The van der Waals surface area contributed by atoms with Crippen molar-refractivity contribution >= 4 is 17.7 Å². The van der Waals surface area contributed by atoms with Gasteiger partial charge in [-0.1, -0.05) is 36.4 Å². The van der Waals surface area contributed by atoms with Crippen molar-refractivity contribution in [3.63, 3.8) is 0 Å². The van der Waals surface area contributed by atoms with E-state index in [1.807, 2.05) is 0 Å². The van der Waals surface area contributed by atoms with Gasteiger partial charge in [-0.3, -0.25) is 9.69 Å². The van der Waals surface area contributed by atoms with Gasteiger partial charge in [0.05, 0.1) is 5.92 Å². The van der Waals surface area contributed by atoms with Crippen molar-refractivity contribution < 1.29 is 4.79 Å². The number of piperidine rings is 1. The Morgan fingerprint density at radius 2 is 1.85 bits per heavy atom. The number of benzene rings is 2. The molecule has 1 amide bonds. The molecule has 1 saturated heterocycles. The monoisotopic (exact) mass is 380 g/mol. The van der Waals surface area contributed by atoms with Crippen molar-refractivity contribution in [1.82, 2.24) is 9.80 Å². The maximum atomic E-state index is 13.1. The molecular formula is C23H28N2OS. The minimum absolute atomic E-state index is 0.148. The highest BCUT2D eigenvalue weighted by molar-refractivity contribution is 7.98. The van der Waals surface area contributed by atoms with E-state index < -0.39 is 0 Å². The first kappa shape index (κ1) is 18.6. The van der Waals surface area contributed by atoms with Gasteiger partial charge in [0.2, 0.25) is 5.91 Å². The Balaban J connectivity index is 1.37. The highest BCUT2D eigenvalue weighted by Crippen LogP contribution is 2.25. The maximum absolute atomic E-state index is 13.1. The highest BCUT2D eigenvalue weighted by Gasteiger charge is 2.30. The Morgan fingerprint density at radius 1 is 1.07 bits per heavy atom. The summed E-state index contributed by atoms with van der Waals surface area (Å²) in [6.45, 7) is 4.57. The molecule has 2 heterocycles. The average Bonchev–Trinajstić information content (AvgIpc) is 2.73. The van der Waals surface area contributed by atoms with Gasteiger partial charge in [0.25, 0.3) is 0 Å². The van der Waals surface area contributed by atoms with E-state index in [-0.39, 0.29) is 5.92 Å². The van der Waals surface area contributed by atoms with Crippen molar-refractivity contribution in [3.05, 3.63) is 65.2 Å². The summed E-state index contributed by atoms with van der Waals surface area (Å²) < 4.78 is 0. The molecule has 4 rings (SSSR count). The van der Waals surface area contributed by atoms with Gasteiger partial charge in [-0.25, -0.2) is 0 Å². The number of likely N-dealkylation sites (tertiary alicyclic amines) is 1. The van der Waals surface area contributed by atoms with E-state index in [1.54, 1.807) is 11.8 Å². The number of hydrogen-bond acceptors (Lipinski definition) is 3. The lowest BCUT2D eigenvalue weighted by Gasteiger charge is -2.36.